The molecule has 0 bridgehead atoms. The third-order valence-electron chi connectivity index (χ3n) is 6.78. The highest BCUT2D eigenvalue weighted by Crippen LogP contribution is 2.44. The SMILES string of the molecule is Cc1nnnn1CCCN1C[C@H]2CN(C3CCCCC3)C[C@@]2(C(=O)O)C1. The molecular weight excluding hydrogens is 332 g/mol. The van der Waals surface area contributed by atoms with Crippen LogP contribution in [0.25, 0.3) is 0 Å². The van der Waals surface area contributed by atoms with Crippen LogP contribution in [0.4, 0.5) is 0 Å². The van der Waals surface area contributed by atoms with Gasteiger partial charge < -0.3 is 10.0 Å². The Morgan fingerprint density at radius 2 is 2.00 bits per heavy atom. The number of hydrogen-bond acceptors (Lipinski definition) is 6. The molecule has 1 aromatic heterocycles. The number of aliphatic carboxylic acids is 1. The zero-order valence-corrected chi connectivity index (χ0v) is 15.7. The number of aryl methyl sites for hydroxylation is 2. The van der Waals surface area contributed by atoms with E-state index >= 15 is 0 Å². The van der Waals surface area contributed by atoms with Crippen molar-refractivity contribution in [3.8, 4) is 0 Å². The number of likely N-dealkylation sites (tertiary alicyclic amines) is 2. The van der Waals surface area contributed by atoms with Crippen LogP contribution in [0.5, 0.6) is 0 Å². The highest BCUT2D eigenvalue weighted by atomic mass is 16.4. The molecule has 3 fully saturated rings. The van der Waals surface area contributed by atoms with Crippen molar-refractivity contribution in [2.24, 2.45) is 11.3 Å². The van der Waals surface area contributed by atoms with E-state index < -0.39 is 11.4 Å². The maximum Gasteiger partial charge on any atom is 0.312 e. The van der Waals surface area contributed by atoms with Crippen molar-refractivity contribution in [2.45, 2.75) is 58.0 Å². The predicted octanol–water partition coefficient (Wildman–Crippen LogP) is 1.02. The van der Waals surface area contributed by atoms with Crippen LogP contribution in [0.15, 0.2) is 0 Å². The minimum absolute atomic E-state index is 0.261. The number of rotatable bonds is 6. The van der Waals surface area contributed by atoms with E-state index in [1.54, 1.807) is 0 Å². The monoisotopic (exact) mass is 362 g/mol. The first-order chi connectivity index (χ1) is 12.6. The Morgan fingerprint density at radius 1 is 1.19 bits per heavy atom. The van der Waals surface area contributed by atoms with Crippen molar-refractivity contribution < 1.29 is 9.90 Å². The largest absolute Gasteiger partial charge is 0.481 e. The fourth-order valence-electron chi connectivity index (χ4n) is 5.31. The first-order valence-corrected chi connectivity index (χ1v) is 10.0. The molecule has 0 unspecified atom stereocenters. The highest BCUT2D eigenvalue weighted by Gasteiger charge is 2.58. The fourth-order valence-corrected chi connectivity index (χ4v) is 5.31. The molecule has 3 aliphatic rings. The van der Waals surface area contributed by atoms with E-state index in [1.807, 2.05) is 11.6 Å². The van der Waals surface area contributed by atoms with E-state index in [1.165, 1.54) is 32.1 Å². The third-order valence-corrected chi connectivity index (χ3v) is 6.78. The summed E-state index contributed by atoms with van der Waals surface area (Å²) < 4.78 is 1.81. The smallest absolute Gasteiger partial charge is 0.312 e. The summed E-state index contributed by atoms with van der Waals surface area (Å²) in [5.74, 6) is 0.491. The minimum atomic E-state index is -0.598. The topological polar surface area (TPSA) is 87.4 Å². The molecule has 2 aliphatic heterocycles. The summed E-state index contributed by atoms with van der Waals surface area (Å²) in [7, 11) is 0. The molecule has 0 aromatic carbocycles. The van der Waals surface area contributed by atoms with Crippen LogP contribution < -0.4 is 0 Å². The molecule has 1 N–H and O–H groups in total. The molecule has 1 aliphatic carbocycles. The summed E-state index contributed by atoms with van der Waals surface area (Å²) in [6, 6.07) is 0.613. The molecule has 8 heteroatoms. The maximum atomic E-state index is 12.2. The number of carboxylic acids is 1. The van der Waals surface area contributed by atoms with E-state index in [4.69, 9.17) is 0 Å². The third kappa shape index (κ3) is 3.24. The van der Waals surface area contributed by atoms with Gasteiger partial charge in [0.05, 0.1) is 5.41 Å². The van der Waals surface area contributed by atoms with Crippen molar-refractivity contribution in [1.82, 2.24) is 30.0 Å². The van der Waals surface area contributed by atoms with Gasteiger partial charge in [-0.15, -0.1) is 5.10 Å². The van der Waals surface area contributed by atoms with E-state index in [9.17, 15) is 9.90 Å². The van der Waals surface area contributed by atoms with Gasteiger partial charge in [-0.1, -0.05) is 19.3 Å². The first-order valence-electron chi connectivity index (χ1n) is 10.0. The lowest BCUT2D eigenvalue weighted by Crippen LogP contribution is -2.43. The highest BCUT2D eigenvalue weighted by molar-refractivity contribution is 5.77. The Balaban J connectivity index is 1.34. The summed E-state index contributed by atoms with van der Waals surface area (Å²) in [4.78, 5) is 17.0. The lowest BCUT2D eigenvalue weighted by molar-refractivity contribution is -0.149. The van der Waals surface area contributed by atoms with Crippen LogP contribution >= 0.6 is 0 Å². The Kier molecular flexibility index (Phi) is 4.96. The molecule has 8 nitrogen and oxygen atoms in total. The quantitative estimate of drug-likeness (QED) is 0.808. The van der Waals surface area contributed by atoms with Gasteiger partial charge in [-0.25, -0.2) is 4.68 Å². The Bertz CT molecular complexity index is 643. The molecule has 1 aromatic rings. The summed E-state index contributed by atoms with van der Waals surface area (Å²) in [5.41, 5.74) is -0.567. The molecule has 4 rings (SSSR count). The lowest BCUT2D eigenvalue weighted by atomic mass is 9.81. The van der Waals surface area contributed by atoms with E-state index in [0.717, 1.165) is 45.0 Å². The van der Waals surface area contributed by atoms with Crippen molar-refractivity contribution >= 4 is 5.97 Å². The van der Waals surface area contributed by atoms with Gasteiger partial charge in [0.1, 0.15) is 5.82 Å². The van der Waals surface area contributed by atoms with Crippen molar-refractivity contribution in [3.63, 3.8) is 0 Å². The fraction of sp³-hybridized carbons (Fsp3) is 0.889. The second-order valence-electron chi connectivity index (χ2n) is 8.42. The van der Waals surface area contributed by atoms with E-state index in [0.29, 0.717) is 12.6 Å². The lowest BCUT2D eigenvalue weighted by Gasteiger charge is -2.33. The minimum Gasteiger partial charge on any atom is -0.481 e. The number of carboxylic acid groups (broad SMARTS) is 1. The molecule has 3 heterocycles. The van der Waals surface area contributed by atoms with Gasteiger partial charge in [0.25, 0.3) is 0 Å². The van der Waals surface area contributed by atoms with Crippen molar-refractivity contribution in [2.75, 3.05) is 32.7 Å². The van der Waals surface area contributed by atoms with E-state index in [-0.39, 0.29) is 5.92 Å². The number of aromatic nitrogens is 4. The second kappa shape index (κ2) is 7.23. The van der Waals surface area contributed by atoms with Gasteiger partial charge in [-0.3, -0.25) is 9.69 Å². The zero-order chi connectivity index (χ0) is 18.1. The average molecular weight is 362 g/mol. The number of fused-ring (bicyclic) bond motifs is 1. The summed E-state index contributed by atoms with van der Waals surface area (Å²) in [5, 5.41) is 21.6. The second-order valence-corrected chi connectivity index (χ2v) is 8.42. The number of carbonyl (C=O) groups is 1. The van der Waals surface area contributed by atoms with Crippen LogP contribution in [0.1, 0.15) is 44.3 Å². The van der Waals surface area contributed by atoms with Gasteiger partial charge >= 0.3 is 5.97 Å². The predicted molar refractivity (Wildman–Crippen MR) is 95.6 cm³/mol. The average Bonchev–Trinajstić information content (AvgIpc) is 3.29. The van der Waals surface area contributed by atoms with Crippen LogP contribution in [0.2, 0.25) is 0 Å². The Morgan fingerprint density at radius 3 is 2.65 bits per heavy atom. The molecule has 0 amide bonds. The van der Waals surface area contributed by atoms with Crippen molar-refractivity contribution in [3.05, 3.63) is 5.82 Å². The molecule has 0 spiro atoms. The van der Waals surface area contributed by atoms with Crippen molar-refractivity contribution in [1.29, 1.82) is 0 Å². The number of hydrogen-bond donors (Lipinski definition) is 1. The van der Waals surface area contributed by atoms with Gasteiger partial charge in [-0.2, -0.15) is 0 Å². The zero-order valence-electron chi connectivity index (χ0n) is 15.7. The standard InChI is InChI=1S/C18H30N6O2/c1-14-19-20-21-24(14)9-5-8-22-10-15-11-23(16-6-3-2-4-7-16)13-18(15,12-22)17(25)26/h15-16H,2-13H2,1H3,(H,25,26)/t15-,18-/m0/s1. The Hall–Kier alpha value is -1.54. The molecule has 26 heavy (non-hydrogen) atoms. The van der Waals surface area contributed by atoms with Crippen LogP contribution in [0, 0.1) is 18.3 Å². The number of tetrazole rings is 1. The number of nitrogens with zero attached hydrogens (tertiary/aromatic N) is 6. The van der Waals surface area contributed by atoms with E-state index in [2.05, 4.69) is 25.3 Å². The Labute approximate surface area is 154 Å². The normalized spacial score (nSPS) is 30.7. The van der Waals surface area contributed by atoms with Crippen LogP contribution in [0.3, 0.4) is 0 Å². The summed E-state index contributed by atoms with van der Waals surface area (Å²) in [6.07, 6.45) is 7.38. The molecule has 144 valence electrons. The summed E-state index contributed by atoms with van der Waals surface area (Å²) in [6.45, 7) is 6.89. The first kappa shape index (κ1) is 17.9. The molecule has 2 atom stereocenters. The molecule has 1 saturated carbocycles. The summed E-state index contributed by atoms with van der Waals surface area (Å²) >= 11 is 0. The molecule has 2 saturated heterocycles. The molecule has 0 radical (unpaired) electrons. The van der Waals surface area contributed by atoms with Gasteiger partial charge in [-0.05, 0) is 43.2 Å². The van der Waals surface area contributed by atoms with Gasteiger partial charge in [0.2, 0.25) is 0 Å². The maximum absolute atomic E-state index is 12.2. The van der Waals surface area contributed by atoms with Gasteiger partial charge in [0, 0.05) is 44.7 Å². The van der Waals surface area contributed by atoms with Crippen LogP contribution in [-0.2, 0) is 11.3 Å². The molecular formula is C18H30N6O2. The van der Waals surface area contributed by atoms with Crippen LogP contribution in [-0.4, -0.2) is 79.8 Å². The van der Waals surface area contributed by atoms with Gasteiger partial charge in [0.15, 0.2) is 0 Å².